The molecule has 0 N–H and O–H groups in total. The molecule has 0 bridgehead atoms. The molecule has 71 valence electrons. The van der Waals surface area contributed by atoms with E-state index in [1.807, 2.05) is 39.1 Å². The Bertz CT molecular complexity index is 241. The molecule has 0 aliphatic rings. The van der Waals surface area contributed by atoms with Gasteiger partial charge in [0.15, 0.2) is 0 Å². The number of pyridine rings is 1. The van der Waals surface area contributed by atoms with Crippen LogP contribution in [0.3, 0.4) is 0 Å². The predicted molar refractivity (Wildman–Crippen MR) is 53.7 cm³/mol. The molecule has 1 heterocycles. The minimum Gasteiger partial charge on any atom is -0.475 e. The molecule has 2 heteroatoms. The van der Waals surface area contributed by atoms with Crippen molar-refractivity contribution in [2.24, 2.45) is 0 Å². The molecule has 0 unspecified atom stereocenters. The van der Waals surface area contributed by atoms with Gasteiger partial charge in [0.05, 0.1) is 6.10 Å². The lowest BCUT2D eigenvalue weighted by Gasteiger charge is -2.08. The highest BCUT2D eigenvalue weighted by molar-refractivity contribution is 5.18. The van der Waals surface area contributed by atoms with Crippen LogP contribution in [0.4, 0.5) is 0 Å². The second-order valence-corrected chi connectivity index (χ2v) is 3.28. The fourth-order valence-electron chi connectivity index (χ4n) is 1.08. The Hall–Kier alpha value is -1.05. The Labute approximate surface area is 80.0 Å². The molecule has 0 fully saturated rings. The highest BCUT2D eigenvalue weighted by Gasteiger charge is 1.98. The summed E-state index contributed by atoms with van der Waals surface area (Å²) in [4.78, 5) is 4.20. The van der Waals surface area contributed by atoms with E-state index in [1.165, 1.54) is 5.56 Å². The van der Waals surface area contributed by atoms with Gasteiger partial charge >= 0.3 is 0 Å². The predicted octanol–water partition coefficient (Wildman–Crippen LogP) is 2.64. The molecule has 0 aromatic carbocycles. The molecular formula is C11H16NO. The average molecular weight is 178 g/mol. The summed E-state index contributed by atoms with van der Waals surface area (Å²) in [6.07, 6.45) is 5.13. The molecule has 0 atom stereocenters. The van der Waals surface area contributed by atoms with E-state index in [4.69, 9.17) is 4.74 Å². The molecule has 1 radical (unpaired) electrons. The largest absolute Gasteiger partial charge is 0.475 e. The van der Waals surface area contributed by atoms with E-state index in [2.05, 4.69) is 11.4 Å². The second-order valence-electron chi connectivity index (χ2n) is 3.28. The topological polar surface area (TPSA) is 22.1 Å². The fourth-order valence-corrected chi connectivity index (χ4v) is 1.08. The third-order valence-electron chi connectivity index (χ3n) is 1.59. The average Bonchev–Trinajstić information content (AvgIpc) is 2.08. The van der Waals surface area contributed by atoms with Gasteiger partial charge in [0, 0.05) is 12.3 Å². The summed E-state index contributed by atoms with van der Waals surface area (Å²) < 4.78 is 5.43. The van der Waals surface area contributed by atoms with Crippen molar-refractivity contribution in [2.75, 3.05) is 0 Å². The van der Waals surface area contributed by atoms with Crippen LogP contribution in [-0.2, 0) is 6.42 Å². The standard InChI is InChI=1S/C11H16NO/c1-4-5-10-6-7-11(12-8-10)13-9(2)3/h4,6-9H,5H2,1-3H3. The van der Waals surface area contributed by atoms with Crippen molar-refractivity contribution >= 4 is 0 Å². The van der Waals surface area contributed by atoms with Crippen LogP contribution in [-0.4, -0.2) is 11.1 Å². The summed E-state index contributed by atoms with van der Waals surface area (Å²) >= 11 is 0. The molecule has 0 saturated carbocycles. The van der Waals surface area contributed by atoms with Gasteiger partial charge in [-0.25, -0.2) is 4.98 Å². The molecule has 0 saturated heterocycles. The van der Waals surface area contributed by atoms with Crippen molar-refractivity contribution in [2.45, 2.75) is 33.3 Å². The van der Waals surface area contributed by atoms with Crippen molar-refractivity contribution in [1.29, 1.82) is 0 Å². The van der Waals surface area contributed by atoms with Crippen LogP contribution in [0.1, 0.15) is 26.3 Å². The monoisotopic (exact) mass is 178 g/mol. The molecule has 1 aromatic rings. The third kappa shape index (κ3) is 3.45. The van der Waals surface area contributed by atoms with Gasteiger partial charge in [-0.3, -0.25) is 0 Å². The summed E-state index contributed by atoms with van der Waals surface area (Å²) in [6, 6.07) is 3.96. The van der Waals surface area contributed by atoms with E-state index in [0.29, 0.717) is 5.88 Å². The van der Waals surface area contributed by atoms with Crippen LogP contribution in [0.25, 0.3) is 0 Å². The lowest BCUT2D eigenvalue weighted by atomic mass is 10.2. The van der Waals surface area contributed by atoms with E-state index in [9.17, 15) is 0 Å². The molecule has 0 aliphatic heterocycles. The number of hydrogen-bond donors (Lipinski definition) is 0. The van der Waals surface area contributed by atoms with E-state index in [-0.39, 0.29) is 6.10 Å². The molecule has 0 amide bonds. The summed E-state index contributed by atoms with van der Waals surface area (Å²) in [5.74, 6) is 0.704. The third-order valence-corrected chi connectivity index (χ3v) is 1.59. The lowest BCUT2D eigenvalue weighted by Crippen LogP contribution is -2.06. The zero-order valence-corrected chi connectivity index (χ0v) is 8.45. The summed E-state index contributed by atoms with van der Waals surface area (Å²) in [5, 5.41) is 0. The molecule has 1 aromatic heterocycles. The summed E-state index contributed by atoms with van der Waals surface area (Å²) in [7, 11) is 0. The minimum atomic E-state index is 0.191. The number of ether oxygens (including phenoxy) is 1. The van der Waals surface area contributed by atoms with Gasteiger partial charge in [0.25, 0.3) is 0 Å². The van der Waals surface area contributed by atoms with Gasteiger partial charge in [-0.15, -0.1) is 0 Å². The van der Waals surface area contributed by atoms with Gasteiger partial charge in [0.2, 0.25) is 5.88 Å². The van der Waals surface area contributed by atoms with Crippen LogP contribution in [0.5, 0.6) is 5.88 Å². The fraction of sp³-hybridized carbons (Fsp3) is 0.455. The smallest absolute Gasteiger partial charge is 0.213 e. The van der Waals surface area contributed by atoms with Crippen molar-refractivity contribution in [3.05, 3.63) is 30.3 Å². The van der Waals surface area contributed by atoms with Crippen molar-refractivity contribution < 1.29 is 4.74 Å². The van der Waals surface area contributed by atoms with Crippen LogP contribution in [0, 0.1) is 6.42 Å². The lowest BCUT2D eigenvalue weighted by molar-refractivity contribution is 0.232. The first-order valence-corrected chi connectivity index (χ1v) is 4.61. The molecular weight excluding hydrogens is 162 g/mol. The Kier molecular flexibility index (Phi) is 3.74. The first kappa shape index (κ1) is 10.0. The van der Waals surface area contributed by atoms with Gasteiger partial charge in [0.1, 0.15) is 0 Å². The van der Waals surface area contributed by atoms with Gasteiger partial charge in [-0.2, -0.15) is 0 Å². The Balaban J connectivity index is 2.59. The van der Waals surface area contributed by atoms with E-state index >= 15 is 0 Å². The Morgan fingerprint density at radius 3 is 2.69 bits per heavy atom. The Morgan fingerprint density at radius 1 is 1.46 bits per heavy atom. The maximum absolute atomic E-state index is 5.43. The maximum Gasteiger partial charge on any atom is 0.213 e. The molecule has 0 aliphatic carbocycles. The zero-order valence-electron chi connectivity index (χ0n) is 8.45. The molecule has 2 nitrogen and oxygen atoms in total. The Morgan fingerprint density at radius 2 is 2.23 bits per heavy atom. The SMILES string of the molecule is C[CH]Cc1ccc(OC(C)C)nc1. The van der Waals surface area contributed by atoms with Crippen molar-refractivity contribution in [3.63, 3.8) is 0 Å². The van der Waals surface area contributed by atoms with E-state index < -0.39 is 0 Å². The van der Waals surface area contributed by atoms with Crippen molar-refractivity contribution in [3.8, 4) is 5.88 Å². The summed E-state index contributed by atoms with van der Waals surface area (Å²) in [6.45, 7) is 6.03. The van der Waals surface area contributed by atoms with E-state index in [0.717, 1.165) is 6.42 Å². The number of rotatable bonds is 4. The minimum absolute atomic E-state index is 0.191. The molecule has 13 heavy (non-hydrogen) atoms. The van der Waals surface area contributed by atoms with Crippen LogP contribution in [0.2, 0.25) is 0 Å². The normalized spacial score (nSPS) is 10.5. The first-order chi connectivity index (χ1) is 6.22. The quantitative estimate of drug-likeness (QED) is 0.707. The highest BCUT2D eigenvalue weighted by Crippen LogP contribution is 2.10. The van der Waals surface area contributed by atoms with Crippen molar-refractivity contribution in [1.82, 2.24) is 4.98 Å². The molecule has 1 rings (SSSR count). The number of aromatic nitrogens is 1. The number of hydrogen-bond acceptors (Lipinski definition) is 2. The van der Waals surface area contributed by atoms with Gasteiger partial charge < -0.3 is 4.74 Å². The maximum atomic E-state index is 5.43. The zero-order chi connectivity index (χ0) is 9.68. The van der Waals surface area contributed by atoms with Gasteiger partial charge in [-0.05, 0) is 32.3 Å². The number of nitrogens with zero attached hydrogens (tertiary/aromatic N) is 1. The first-order valence-electron chi connectivity index (χ1n) is 4.61. The second kappa shape index (κ2) is 4.85. The van der Waals surface area contributed by atoms with Crippen LogP contribution in [0.15, 0.2) is 18.3 Å². The van der Waals surface area contributed by atoms with Crippen LogP contribution < -0.4 is 4.74 Å². The highest BCUT2D eigenvalue weighted by atomic mass is 16.5. The van der Waals surface area contributed by atoms with Gasteiger partial charge in [-0.1, -0.05) is 13.0 Å². The summed E-state index contributed by atoms with van der Waals surface area (Å²) in [5.41, 5.74) is 1.22. The van der Waals surface area contributed by atoms with Crippen LogP contribution >= 0.6 is 0 Å². The van der Waals surface area contributed by atoms with E-state index in [1.54, 1.807) is 0 Å². The molecule has 0 spiro atoms.